The average Bonchev–Trinajstić information content (AvgIpc) is 3.17. The van der Waals surface area contributed by atoms with Crippen LogP contribution in [0.2, 0.25) is 0 Å². The number of benzene rings is 2. The highest BCUT2D eigenvalue weighted by Gasteiger charge is 2.38. The first-order chi connectivity index (χ1) is 14.0. The quantitative estimate of drug-likeness (QED) is 0.759. The lowest BCUT2D eigenvalue weighted by atomic mass is 9.89. The number of hydrogen-bond acceptors (Lipinski definition) is 3. The van der Waals surface area contributed by atoms with E-state index in [4.69, 9.17) is 5.73 Å². The number of rotatable bonds is 7. The minimum absolute atomic E-state index is 0.0646. The van der Waals surface area contributed by atoms with Gasteiger partial charge < -0.3 is 16.0 Å². The van der Waals surface area contributed by atoms with Gasteiger partial charge in [-0.3, -0.25) is 9.59 Å². The molecular formula is C24H31N3O2. The topological polar surface area (TPSA) is 75.4 Å². The standard InChI is InChI=1S/C24H31N3O2/c1-17(2)13-22(28)26-23(19-11-7-4-8-12-19)24(29)27-15-20(14-25)21(16-27)18-9-5-3-6-10-18/h3-12,17,20-21,23H,13-16,25H2,1-2H3,(H,26,28)/t20-,21+,23?/m1/s1. The van der Waals surface area contributed by atoms with Crippen molar-refractivity contribution >= 4 is 11.8 Å². The Bertz CT molecular complexity index is 807. The highest BCUT2D eigenvalue weighted by Crippen LogP contribution is 2.33. The molecule has 5 heteroatoms. The molecule has 1 aliphatic heterocycles. The van der Waals surface area contributed by atoms with Crippen LogP contribution in [0, 0.1) is 11.8 Å². The van der Waals surface area contributed by atoms with Crippen LogP contribution in [0.5, 0.6) is 0 Å². The molecule has 1 fully saturated rings. The van der Waals surface area contributed by atoms with Gasteiger partial charge in [0.2, 0.25) is 11.8 Å². The molecule has 0 radical (unpaired) electrons. The van der Waals surface area contributed by atoms with Crippen molar-refractivity contribution < 1.29 is 9.59 Å². The van der Waals surface area contributed by atoms with E-state index in [-0.39, 0.29) is 29.6 Å². The van der Waals surface area contributed by atoms with Crippen molar-refractivity contribution in [2.24, 2.45) is 17.6 Å². The number of nitrogens with zero attached hydrogens (tertiary/aromatic N) is 1. The van der Waals surface area contributed by atoms with Crippen molar-refractivity contribution in [3.05, 3.63) is 71.8 Å². The molecule has 1 unspecified atom stereocenters. The molecule has 0 aliphatic carbocycles. The van der Waals surface area contributed by atoms with Crippen LogP contribution in [0.3, 0.4) is 0 Å². The van der Waals surface area contributed by atoms with Crippen LogP contribution in [-0.2, 0) is 9.59 Å². The summed E-state index contributed by atoms with van der Waals surface area (Å²) in [6.07, 6.45) is 0.397. The highest BCUT2D eigenvalue weighted by molar-refractivity contribution is 5.89. The van der Waals surface area contributed by atoms with Crippen LogP contribution in [0.25, 0.3) is 0 Å². The van der Waals surface area contributed by atoms with Gasteiger partial charge in [0.25, 0.3) is 0 Å². The summed E-state index contributed by atoms with van der Waals surface area (Å²) in [6, 6.07) is 19.0. The Hall–Kier alpha value is -2.66. The normalized spacial score (nSPS) is 19.9. The Morgan fingerprint density at radius 3 is 2.24 bits per heavy atom. The molecule has 1 saturated heterocycles. The first-order valence-corrected chi connectivity index (χ1v) is 10.4. The second kappa shape index (κ2) is 9.70. The van der Waals surface area contributed by atoms with E-state index in [0.717, 1.165) is 5.56 Å². The maximum absolute atomic E-state index is 13.5. The maximum Gasteiger partial charge on any atom is 0.249 e. The van der Waals surface area contributed by atoms with Gasteiger partial charge in [0.05, 0.1) is 0 Å². The first kappa shape index (κ1) is 21.1. The van der Waals surface area contributed by atoms with Gasteiger partial charge in [0.15, 0.2) is 0 Å². The lowest BCUT2D eigenvalue weighted by Gasteiger charge is -2.25. The molecule has 0 bridgehead atoms. The van der Waals surface area contributed by atoms with E-state index in [0.29, 0.717) is 26.1 Å². The van der Waals surface area contributed by atoms with Gasteiger partial charge in [-0.15, -0.1) is 0 Å². The van der Waals surface area contributed by atoms with E-state index in [1.807, 2.05) is 67.3 Å². The van der Waals surface area contributed by atoms with Gasteiger partial charge in [-0.2, -0.15) is 0 Å². The summed E-state index contributed by atoms with van der Waals surface area (Å²) in [5, 5.41) is 2.97. The van der Waals surface area contributed by atoms with Gasteiger partial charge >= 0.3 is 0 Å². The number of likely N-dealkylation sites (tertiary alicyclic amines) is 1. The summed E-state index contributed by atoms with van der Waals surface area (Å²) in [7, 11) is 0. The molecule has 1 heterocycles. The summed E-state index contributed by atoms with van der Waals surface area (Å²) in [6.45, 7) is 5.75. The maximum atomic E-state index is 13.5. The number of carbonyl (C=O) groups excluding carboxylic acids is 2. The molecule has 2 aromatic rings. The Labute approximate surface area is 173 Å². The fraction of sp³-hybridized carbons (Fsp3) is 0.417. The second-order valence-corrected chi connectivity index (χ2v) is 8.27. The SMILES string of the molecule is CC(C)CC(=O)NC(C(=O)N1C[C@@H](CN)[C@H](c2ccccc2)C1)c1ccccc1. The molecule has 3 rings (SSSR count). The number of nitrogens with one attached hydrogen (secondary N) is 1. The molecule has 3 atom stereocenters. The molecule has 0 aromatic heterocycles. The number of hydrogen-bond donors (Lipinski definition) is 2. The van der Waals surface area contributed by atoms with E-state index < -0.39 is 6.04 Å². The fourth-order valence-corrected chi connectivity index (χ4v) is 4.07. The van der Waals surface area contributed by atoms with E-state index in [1.165, 1.54) is 5.56 Å². The Morgan fingerprint density at radius 2 is 1.66 bits per heavy atom. The lowest BCUT2D eigenvalue weighted by molar-refractivity contribution is -0.136. The van der Waals surface area contributed by atoms with E-state index in [2.05, 4.69) is 17.4 Å². The van der Waals surface area contributed by atoms with E-state index >= 15 is 0 Å². The van der Waals surface area contributed by atoms with Crippen LogP contribution >= 0.6 is 0 Å². The molecule has 5 nitrogen and oxygen atoms in total. The van der Waals surface area contributed by atoms with Crippen molar-refractivity contribution in [1.29, 1.82) is 0 Å². The van der Waals surface area contributed by atoms with Gasteiger partial charge in [-0.1, -0.05) is 74.5 Å². The van der Waals surface area contributed by atoms with Crippen LogP contribution in [0.15, 0.2) is 60.7 Å². The summed E-state index contributed by atoms with van der Waals surface area (Å²) in [5.74, 6) is 0.496. The number of nitrogens with two attached hydrogens (primary N) is 1. The zero-order chi connectivity index (χ0) is 20.8. The summed E-state index contributed by atoms with van der Waals surface area (Å²) >= 11 is 0. The smallest absolute Gasteiger partial charge is 0.249 e. The van der Waals surface area contributed by atoms with Gasteiger partial charge in [-0.05, 0) is 29.5 Å². The predicted molar refractivity (Wildman–Crippen MR) is 115 cm³/mol. The van der Waals surface area contributed by atoms with Crippen LogP contribution < -0.4 is 11.1 Å². The Balaban J connectivity index is 1.81. The van der Waals surface area contributed by atoms with Crippen LogP contribution in [-0.4, -0.2) is 36.3 Å². The Morgan fingerprint density at radius 1 is 1.03 bits per heavy atom. The zero-order valence-corrected chi connectivity index (χ0v) is 17.3. The summed E-state index contributed by atoms with van der Waals surface area (Å²) in [4.78, 5) is 27.8. The summed E-state index contributed by atoms with van der Waals surface area (Å²) in [5.41, 5.74) is 8.05. The van der Waals surface area contributed by atoms with Crippen molar-refractivity contribution in [3.8, 4) is 0 Å². The minimum atomic E-state index is -0.671. The molecule has 0 saturated carbocycles. The van der Waals surface area contributed by atoms with Gasteiger partial charge in [0, 0.05) is 25.4 Å². The summed E-state index contributed by atoms with van der Waals surface area (Å²) < 4.78 is 0. The first-order valence-electron chi connectivity index (χ1n) is 10.4. The minimum Gasteiger partial charge on any atom is -0.341 e. The van der Waals surface area contributed by atoms with Crippen LogP contribution in [0.4, 0.5) is 0 Å². The zero-order valence-electron chi connectivity index (χ0n) is 17.3. The lowest BCUT2D eigenvalue weighted by Crippen LogP contribution is -2.42. The third-order valence-corrected chi connectivity index (χ3v) is 5.56. The predicted octanol–water partition coefficient (Wildman–Crippen LogP) is 3.09. The molecular weight excluding hydrogens is 362 g/mol. The highest BCUT2D eigenvalue weighted by atomic mass is 16.2. The molecule has 2 aromatic carbocycles. The van der Waals surface area contributed by atoms with Crippen molar-refractivity contribution in [3.63, 3.8) is 0 Å². The fourth-order valence-electron chi connectivity index (χ4n) is 4.07. The van der Waals surface area contributed by atoms with Crippen molar-refractivity contribution in [2.75, 3.05) is 19.6 Å². The molecule has 1 aliphatic rings. The molecule has 29 heavy (non-hydrogen) atoms. The van der Waals surface area contributed by atoms with Crippen molar-refractivity contribution in [1.82, 2.24) is 10.2 Å². The molecule has 3 N–H and O–H groups in total. The third kappa shape index (κ3) is 5.24. The third-order valence-electron chi connectivity index (χ3n) is 5.56. The number of carbonyl (C=O) groups is 2. The molecule has 154 valence electrons. The second-order valence-electron chi connectivity index (χ2n) is 8.27. The average molecular weight is 394 g/mol. The van der Waals surface area contributed by atoms with E-state index in [9.17, 15) is 9.59 Å². The largest absolute Gasteiger partial charge is 0.341 e. The van der Waals surface area contributed by atoms with Gasteiger partial charge in [-0.25, -0.2) is 0 Å². The van der Waals surface area contributed by atoms with E-state index in [1.54, 1.807) is 0 Å². The van der Waals surface area contributed by atoms with Crippen molar-refractivity contribution in [2.45, 2.75) is 32.2 Å². The van der Waals surface area contributed by atoms with Gasteiger partial charge in [0.1, 0.15) is 6.04 Å². The number of amides is 2. The molecule has 0 spiro atoms. The van der Waals surface area contributed by atoms with Crippen LogP contribution in [0.1, 0.15) is 43.4 Å². The Kier molecular flexibility index (Phi) is 7.04. The molecule has 2 amide bonds. The monoisotopic (exact) mass is 393 g/mol.